The van der Waals surface area contributed by atoms with Crippen LogP contribution in [-0.2, 0) is 4.79 Å². The first-order valence-electron chi connectivity index (χ1n) is 4.08. The van der Waals surface area contributed by atoms with Crippen LogP contribution >= 0.6 is 11.6 Å². The number of Topliss-reactive ketones (excluding diaryl/α,β-unsaturated/α-hetero) is 1. The van der Waals surface area contributed by atoms with Gasteiger partial charge in [-0.15, -0.1) is 6.42 Å². The zero-order valence-electron chi connectivity index (χ0n) is 7.75. The van der Waals surface area contributed by atoms with Crippen LogP contribution in [0, 0.1) is 12.3 Å². The Morgan fingerprint density at radius 2 is 2.00 bits per heavy atom. The van der Waals surface area contributed by atoms with Crippen molar-refractivity contribution in [3.05, 3.63) is 40.4 Å². The lowest BCUT2D eigenvalue weighted by Crippen LogP contribution is -1.92. The Balaban J connectivity index is 3.03. The van der Waals surface area contributed by atoms with Gasteiger partial charge in [0, 0.05) is 5.02 Å². The number of ketones is 1. The highest BCUT2D eigenvalue weighted by molar-refractivity contribution is 6.30. The Morgan fingerprint density at radius 3 is 2.43 bits per heavy atom. The van der Waals surface area contributed by atoms with Crippen LogP contribution in [0.5, 0.6) is 0 Å². The average Bonchev–Trinajstić information content (AvgIpc) is 2.16. The standard InChI is InChI=1S/C12H9ClO/c1-3-11(9(2)14)8-10-4-6-12(13)7-5-10/h1,4-8H,2H3/b11-8+. The maximum absolute atomic E-state index is 11.0. The second-order valence-electron chi connectivity index (χ2n) is 2.81. The highest BCUT2D eigenvalue weighted by Crippen LogP contribution is 2.12. The van der Waals surface area contributed by atoms with Gasteiger partial charge in [0.2, 0.25) is 0 Å². The Hall–Kier alpha value is -1.52. The molecule has 0 aliphatic rings. The molecule has 0 unspecified atom stereocenters. The molecule has 1 nitrogen and oxygen atoms in total. The van der Waals surface area contributed by atoms with Crippen molar-refractivity contribution in [2.24, 2.45) is 0 Å². The van der Waals surface area contributed by atoms with Gasteiger partial charge in [0.15, 0.2) is 5.78 Å². The van der Waals surface area contributed by atoms with E-state index < -0.39 is 0 Å². The number of carbonyl (C=O) groups excluding carboxylic acids is 1. The second-order valence-corrected chi connectivity index (χ2v) is 3.25. The van der Waals surface area contributed by atoms with Gasteiger partial charge in [-0.1, -0.05) is 29.7 Å². The molecule has 2 heteroatoms. The summed E-state index contributed by atoms with van der Waals surface area (Å²) in [6.45, 7) is 1.45. The van der Waals surface area contributed by atoms with Crippen LogP contribution in [0.15, 0.2) is 29.8 Å². The molecule has 70 valence electrons. The number of hydrogen-bond donors (Lipinski definition) is 0. The van der Waals surface area contributed by atoms with E-state index in [-0.39, 0.29) is 5.78 Å². The molecule has 1 aromatic rings. The van der Waals surface area contributed by atoms with Gasteiger partial charge in [0.1, 0.15) is 0 Å². The zero-order chi connectivity index (χ0) is 10.6. The van der Waals surface area contributed by atoms with Crippen LogP contribution in [-0.4, -0.2) is 5.78 Å². The van der Waals surface area contributed by atoms with Crippen molar-refractivity contribution in [3.63, 3.8) is 0 Å². The van der Waals surface area contributed by atoms with E-state index in [1.807, 2.05) is 12.1 Å². The van der Waals surface area contributed by atoms with Crippen LogP contribution in [0.1, 0.15) is 12.5 Å². The van der Waals surface area contributed by atoms with E-state index in [1.165, 1.54) is 6.92 Å². The number of terminal acetylenes is 1. The van der Waals surface area contributed by atoms with Crippen molar-refractivity contribution in [2.45, 2.75) is 6.92 Å². The fourth-order valence-corrected chi connectivity index (χ4v) is 1.10. The fourth-order valence-electron chi connectivity index (χ4n) is 0.971. The molecular formula is C12H9ClO. The fraction of sp³-hybridized carbons (Fsp3) is 0.0833. The molecule has 0 aliphatic carbocycles. The van der Waals surface area contributed by atoms with Gasteiger partial charge in [-0.2, -0.15) is 0 Å². The Morgan fingerprint density at radius 1 is 1.43 bits per heavy atom. The van der Waals surface area contributed by atoms with Gasteiger partial charge < -0.3 is 0 Å². The Kier molecular flexibility index (Phi) is 3.50. The lowest BCUT2D eigenvalue weighted by molar-refractivity contribution is -0.113. The smallest absolute Gasteiger partial charge is 0.168 e. The third-order valence-corrected chi connectivity index (χ3v) is 1.97. The summed E-state index contributed by atoms with van der Waals surface area (Å²) in [4.78, 5) is 11.0. The zero-order valence-corrected chi connectivity index (χ0v) is 8.51. The topological polar surface area (TPSA) is 17.1 Å². The first-order chi connectivity index (χ1) is 6.63. The van der Waals surface area contributed by atoms with E-state index in [2.05, 4.69) is 5.92 Å². The third-order valence-electron chi connectivity index (χ3n) is 1.72. The molecule has 0 N–H and O–H groups in total. The molecule has 1 aromatic carbocycles. The predicted octanol–water partition coefficient (Wildman–Crippen LogP) is 2.95. The maximum atomic E-state index is 11.0. The summed E-state index contributed by atoms with van der Waals surface area (Å²) >= 11 is 5.72. The molecule has 0 atom stereocenters. The van der Waals surface area contributed by atoms with E-state index in [9.17, 15) is 4.79 Å². The number of allylic oxidation sites excluding steroid dienone is 1. The van der Waals surface area contributed by atoms with E-state index in [4.69, 9.17) is 18.0 Å². The van der Waals surface area contributed by atoms with Crippen LogP contribution in [0.3, 0.4) is 0 Å². The first-order valence-corrected chi connectivity index (χ1v) is 4.46. The quantitative estimate of drug-likeness (QED) is 0.535. The van der Waals surface area contributed by atoms with Crippen molar-refractivity contribution in [1.29, 1.82) is 0 Å². The van der Waals surface area contributed by atoms with Crippen molar-refractivity contribution < 1.29 is 4.79 Å². The van der Waals surface area contributed by atoms with Gasteiger partial charge in [0.25, 0.3) is 0 Å². The number of carbonyl (C=O) groups is 1. The molecular weight excluding hydrogens is 196 g/mol. The number of rotatable bonds is 2. The van der Waals surface area contributed by atoms with Crippen LogP contribution in [0.25, 0.3) is 6.08 Å². The van der Waals surface area contributed by atoms with Gasteiger partial charge in [-0.3, -0.25) is 4.79 Å². The minimum absolute atomic E-state index is 0.109. The molecule has 0 saturated heterocycles. The van der Waals surface area contributed by atoms with Crippen molar-refractivity contribution in [2.75, 3.05) is 0 Å². The molecule has 0 bridgehead atoms. The molecule has 0 fully saturated rings. The molecule has 0 aromatic heterocycles. The molecule has 1 rings (SSSR count). The van der Waals surface area contributed by atoms with Gasteiger partial charge in [-0.25, -0.2) is 0 Å². The second kappa shape index (κ2) is 4.64. The summed E-state index contributed by atoms with van der Waals surface area (Å²) in [5, 5.41) is 0.659. The number of halogens is 1. The highest BCUT2D eigenvalue weighted by Gasteiger charge is 1.99. The molecule has 0 radical (unpaired) electrons. The van der Waals surface area contributed by atoms with E-state index in [0.29, 0.717) is 10.6 Å². The lowest BCUT2D eigenvalue weighted by atomic mass is 10.1. The lowest BCUT2D eigenvalue weighted by Gasteiger charge is -1.95. The molecule has 0 saturated carbocycles. The predicted molar refractivity (Wildman–Crippen MR) is 58.9 cm³/mol. The summed E-state index contributed by atoms with van der Waals surface area (Å²) in [7, 11) is 0. The summed E-state index contributed by atoms with van der Waals surface area (Å²) < 4.78 is 0. The van der Waals surface area contributed by atoms with E-state index in [0.717, 1.165) is 5.56 Å². The van der Waals surface area contributed by atoms with Crippen LogP contribution in [0.4, 0.5) is 0 Å². The molecule has 14 heavy (non-hydrogen) atoms. The van der Waals surface area contributed by atoms with Gasteiger partial charge in [0.05, 0.1) is 5.57 Å². The number of benzene rings is 1. The minimum Gasteiger partial charge on any atom is -0.294 e. The van der Waals surface area contributed by atoms with Crippen molar-refractivity contribution in [3.8, 4) is 12.3 Å². The van der Waals surface area contributed by atoms with Crippen LogP contribution in [0.2, 0.25) is 5.02 Å². The highest BCUT2D eigenvalue weighted by atomic mass is 35.5. The minimum atomic E-state index is -0.109. The monoisotopic (exact) mass is 204 g/mol. The SMILES string of the molecule is C#C/C(=C\c1ccc(Cl)cc1)C(C)=O. The summed E-state index contributed by atoms with van der Waals surface area (Å²) in [6, 6.07) is 7.12. The Labute approximate surface area is 88.4 Å². The largest absolute Gasteiger partial charge is 0.294 e. The van der Waals surface area contributed by atoms with E-state index >= 15 is 0 Å². The first kappa shape index (κ1) is 10.6. The summed E-state index contributed by atoms with van der Waals surface area (Å²) in [5.74, 6) is 2.23. The summed E-state index contributed by atoms with van der Waals surface area (Å²) in [5.41, 5.74) is 1.24. The molecule has 0 spiro atoms. The van der Waals surface area contributed by atoms with Crippen LogP contribution < -0.4 is 0 Å². The molecule has 0 aliphatic heterocycles. The van der Waals surface area contributed by atoms with Crippen molar-refractivity contribution >= 4 is 23.5 Å². The van der Waals surface area contributed by atoms with E-state index in [1.54, 1.807) is 18.2 Å². The number of hydrogen-bond acceptors (Lipinski definition) is 1. The third kappa shape index (κ3) is 2.76. The summed E-state index contributed by atoms with van der Waals surface area (Å²) in [6.07, 6.45) is 6.85. The van der Waals surface area contributed by atoms with Gasteiger partial charge in [-0.05, 0) is 30.7 Å². The maximum Gasteiger partial charge on any atom is 0.168 e. The molecule has 0 amide bonds. The Bertz CT molecular complexity index is 407. The van der Waals surface area contributed by atoms with Crippen molar-refractivity contribution in [1.82, 2.24) is 0 Å². The average molecular weight is 205 g/mol. The normalized spacial score (nSPS) is 10.8. The van der Waals surface area contributed by atoms with Gasteiger partial charge >= 0.3 is 0 Å². The molecule has 0 heterocycles.